The van der Waals surface area contributed by atoms with Gasteiger partial charge in [-0.05, 0) is 6.07 Å². The Bertz CT molecular complexity index is 375. The van der Waals surface area contributed by atoms with Crippen LogP contribution in [0.1, 0.15) is 19.4 Å². The summed E-state index contributed by atoms with van der Waals surface area (Å²) in [6, 6.07) is 2.83. The van der Waals surface area contributed by atoms with E-state index in [1.165, 1.54) is 26.4 Å². The van der Waals surface area contributed by atoms with E-state index in [-0.39, 0.29) is 12.4 Å². The van der Waals surface area contributed by atoms with Crippen LogP contribution in [0, 0.1) is 5.82 Å². The molecule has 4 heteroatoms. The Labute approximate surface area is 94.8 Å². The van der Waals surface area contributed by atoms with Crippen molar-refractivity contribution in [2.45, 2.75) is 19.3 Å². The van der Waals surface area contributed by atoms with E-state index in [0.717, 1.165) is 0 Å². The number of aliphatic hydroxyl groups excluding tert-OH is 1. The third kappa shape index (κ3) is 2.27. The van der Waals surface area contributed by atoms with Gasteiger partial charge in [0, 0.05) is 17.0 Å². The van der Waals surface area contributed by atoms with E-state index in [9.17, 15) is 9.50 Å². The molecule has 0 amide bonds. The summed E-state index contributed by atoms with van der Waals surface area (Å²) in [5.74, 6) is 0.187. The highest BCUT2D eigenvalue weighted by Crippen LogP contribution is 2.35. The zero-order valence-corrected chi connectivity index (χ0v) is 10.0. The summed E-state index contributed by atoms with van der Waals surface area (Å²) in [5, 5.41) is 9.28. The molecular weight excluding hydrogens is 211 g/mol. The highest BCUT2D eigenvalue weighted by Gasteiger charge is 2.25. The largest absolute Gasteiger partial charge is 0.496 e. The molecule has 90 valence electrons. The lowest BCUT2D eigenvalue weighted by molar-refractivity contribution is 0.214. The molecule has 0 saturated carbocycles. The van der Waals surface area contributed by atoms with Crippen LogP contribution in [-0.4, -0.2) is 25.9 Å². The standard InChI is InChI=1S/C12H17FO3/c1-12(2,7-14)8-5-9(13)11(16-4)6-10(8)15-3/h5-6,14H,7H2,1-4H3. The Morgan fingerprint density at radius 1 is 1.19 bits per heavy atom. The number of methoxy groups -OCH3 is 2. The Morgan fingerprint density at radius 2 is 1.75 bits per heavy atom. The molecule has 0 unspecified atom stereocenters. The van der Waals surface area contributed by atoms with Crippen molar-refractivity contribution in [2.24, 2.45) is 0 Å². The Kier molecular flexibility index (Phi) is 3.75. The van der Waals surface area contributed by atoms with Crippen LogP contribution in [0.2, 0.25) is 0 Å². The van der Waals surface area contributed by atoms with Crippen molar-refractivity contribution < 1.29 is 19.0 Å². The molecule has 1 aromatic rings. The van der Waals surface area contributed by atoms with Gasteiger partial charge in [0.05, 0.1) is 20.8 Å². The lowest BCUT2D eigenvalue weighted by Crippen LogP contribution is -2.23. The summed E-state index contributed by atoms with van der Waals surface area (Å²) in [5.41, 5.74) is 0.0640. The quantitative estimate of drug-likeness (QED) is 0.857. The molecule has 0 bridgehead atoms. The molecule has 1 N–H and O–H groups in total. The van der Waals surface area contributed by atoms with E-state index in [0.29, 0.717) is 11.3 Å². The van der Waals surface area contributed by atoms with Crippen LogP contribution in [-0.2, 0) is 5.41 Å². The second-order valence-electron chi connectivity index (χ2n) is 4.23. The van der Waals surface area contributed by atoms with Gasteiger partial charge in [0.25, 0.3) is 0 Å². The summed E-state index contributed by atoms with van der Waals surface area (Å²) in [6.07, 6.45) is 0. The number of hydrogen-bond donors (Lipinski definition) is 1. The van der Waals surface area contributed by atoms with Gasteiger partial charge in [0.1, 0.15) is 5.75 Å². The zero-order valence-electron chi connectivity index (χ0n) is 10.0. The third-order valence-corrected chi connectivity index (χ3v) is 2.60. The van der Waals surface area contributed by atoms with Gasteiger partial charge in [-0.2, -0.15) is 0 Å². The van der Waals surface area contributed by atoms with E-state index in [1.54, 1.807) is 0 Å². The fourth-order valence-electron chi connectivity index (χ4n) is 1.47. The number of hydrogen-bond acceptors (Lipinski definition) is 3. The van der Waals surface area contributed by atoms with Gasteiger partial charge in [-0.25, -0.2) is 4.39 Å². The third-order valence-electron chi connectivity index (χ3n) is 2.60. The first-order chi connectivity index (χ1) is 7.46. The van der Waals surface area contributed by atoms with Crippen molar-refractivity contribution >= 4 is 0 Å². The maximum absolute atomic E-state index is 13.6. The van der Waals surface area contributed by atoms with Crippen molar-refractivity contribution in [1.29, 1.82) is 0 Å². The van der Waals surface area contributed by atoms with Gasteiger partial charge in [-0.15, -0.1) is 0 Å². The maximum Gasteiger partial charge on any atom is 0.165 e. The number of rotatable bonds is 4. The monoisotopic (exact) mass is 228 g/mol. The zero-order chi connectivity index (χ0) is 12.3. The van der Waals surface area contributed by atoms with Crippen LogP contribution in [0.4, 0.5) is 4.39 Å². The predicted octanol–water partition coefficient (Wildman–Crippen LogP) is 2.11. The van der Waals surface area contributed by atoms with Crippen LogP contribution in [0.25, 0.3) is 0 Å². The number of ether oxygens (including phenoxy) is 2. The van der Waals surface area contributed by atoms with E-state index in [4.69, 9.17) is 9.47 Å². The molecule has 0 aromatic heterocycles. The predicted molar refractivity (Wildman–Crippen MR) is 59.6 cm³/mol. The van der Waals surface area contributed by atoms with Gasteiger partial charge in [0.15, 0.2) is 11.6 Å². The van der Waals surface area contributed by atoms with Crippen molar-refractivity contribution in [3.63, 3.8) is 0 Å². The molecule has 0 fully saturated rings. The van der Waals surface area contributed by atoms with Crippen molar-refractivity contribution in [3.05, 3.63) is 23.5 Å². The molecule has 1 rings (SSSR count). The van der Waals surface area contributed by atoms with E-state index >= 15 is 0 Å². The minimum Gasteiger partial charge on any atom is -0.496 e. The Hall–Kier alpha value is -1.29. The fraction of sp³-hybridized carbons (Fsp3) is 0.500. The maximum atomic E-state index is 13.6. The van der Waals surface area contributed by atoms with E-state index in [2.05, 4.69) is 0 Å². The summed E-state index contributed by atoms with van der Waals surface area (Å²) in [6.45, 7) is 3.54. The minimum atomic E-state index is -0.557. The van der Waals surface area contributed by atoms with Crippen LogP contribution in [0.3, 0.4) is 0 Å². The lowest BCUT2D eigenvalue weighted by Gasteiger charge is -2.25. The van der Waals surface area contributed by atoms with Crippen LogP contribution >= 0.6 is 0 Å². The van der Waals surface area contributed by atoms with E-state index < -0.39 is 11.2 Å². The molecule has 0 aliphatic carbocycles. The molecule has 3 nitrogen and oxygen atoms in total. The number of benzene rings is 1. The summed E-state index contributed by atoms with van der Waals surface area (Å²) in [7, 11) is 2.90. The molecule has 16 heavy (non-hydrogen) atoms. The molecule has 0 spiro atoms. The topological polar surface area (TPSA) is 38.7 Å². The normalized spacial score (nSPS) is 11.4. The molecular formula is C12H17FO3. The second kappa shape index (κ2) is 4.70. The molecule has 0 radical (unpaired) electrons. The molecule has 0 atom stereocenters. The SMILES string of the molecule is COc1cc(OC)c(C(C)(C)CO)cc1F. The smallest absolute Gasteiger partial charge is 0.165 e. The Balaban J connectivity index is 3.34. The van der Waals surface area contributed by atoms with Gasteiger partial charge in [-0.1, -0.05) is 13.8 Å². The number of halogens is 1. The second-order valence-corrected chi connectivity index (χ2v) is 4.23. The Morgan fingerprint density at radius 3 is 2.19 bits per heavy atom. The first-order valence-corrected chi connectivity index (χ1v) is 4.99. The first-order valence-electron chi connectivity index (χ1n) is 4.99. The molecule has 0 saturated heterocycles. The van der Waals surface area contributed by atoms with Gasteiger partial charge < -0.3 is 14.6 Å². The lowest BCUT2D eigenvalue weighted by atomic mass is 9.85. The average Bonchev–Trinajstić information content (AvgIpc) is 2.28. The van der Waals surface area contributed by atoms with Crippen LogP contribution < -0.4 is 9.47 Å². The van der Waals surface area contributed by atoms with Gasteiger partial charge in [0.2, 0.25) is 0 Å². The minimum absolute atomic E-state index is 0.0882. The summed E-state index contributed by atoms with van der Waals surface area (Å²) in [4.78, 5) is 0. The molecule has 1 aromatic carbocycles. The highest BCUT2D eigenvalue weighted by molar-refractivity contribution is 5.45. The molecule has 0 aliphatic rings. The summed E-state index contributed by atoms with van der Waals surface area (Å²) < 4.78 is 23.6. The average molecular weight is 228 g/mol. The highest BCUT2D eigenvalue weighted by atomic mass is 19.1. The first kappa shape index (κ1) is 12.8. The molecule has 0 aliphatic heterocycles. The van der Waals surface area contributed by atoms with Crippen molar-refractivity contribution in [1.82, 2.24) is 0 Å². The van der Waals surface area contributed by atoms with Gasteiger partial charge in [-0.3, -0.25) is 0 Å². The molecule has 0 heterocycles. The fourth-order valence-corrected chi connectivity index (χ4v) is 1.47. The van der Waals surface area contributed by atoms with Crippen LogP contribution in [0.5, 0.6) is 11.5 Å². The van der Waals surface area contributed by atoms with Crippen molar-refractivity contribution in [2.75, 3.05) is 20.8 Å². The summed E-state index contributed by atoms with van der Waals surface area (Å²) >= 11 is 0. The van der Waals surface area contributed by atoms with Gasteiger partial charge >= 0.3 is 0 Å². The van der Waals surface area contributed by atoms with Crippen molar-refractivity contribution in [3.8, 4) is 11.5 Å². The van der Waals surface area contributed by atoms with E-state index in [1.807, 2.05) is 13.8 Å². The number of aliphatic hydroxyl groups is 1. The van der Waals surface area contributed by atoms with Crippen LogP contribution in [0.15, 0.2) is 12.1 Å².